The summed E-state index contributed by atoms with van der Waals surface area (Å²) >= 11 is 5.79. The Labute approximate surface area is 138 Å². The molecule has 0 fully saturated rings. The van der Waals surface area contributed by atoms with Gasteiger partial charge in [-0.1, -0.05) is 29.8 Å². The average Bonchev–Trinajstić information content (AvgIpc) is 2.49. The summed E-state index contributed by atoms with van der Waals surface area (Å²) in [6.07, 6.45) is 0.181. The van der Waals surface area contributed by atoms with Crippen LogP contribution in [0.2, 0.25) is 5.02 Å². The van der Waals surface area contributed by atoms with Crippen molar-refractivity contribution in [3.8, 4) is 0 Å². The molecule has 0 aromatic heterocycles. The molecule has 1 N–H and O–H groups in total. The van der Waals surface area contributed by atoms with Crippen molar-refractivity contribution in [2.24, 2.45) is 0 Å². The second kappa shape index (κ2) is 7.74. The van der Waals surface area contributed by atoms with Crippen LogP contribution in [0.15, 0.2) is 48.5 Å². The fourth-order valence-electron chi connectivity index (χ4n) is 1.98. The van der Waals surface area contributed by atoms with Crippen LogP contribution in [-0.2, 0) is 16.0 Å². The van der Waals surface area contributed by atoms with Crippen molar-refractivity contribution in [1.82, 2.24) is 4.90 Å². The van der Waals surface area contributed by atoms with Gasteiger partial charge in [0.25, 0.3) is 0 Å². The molecule has 0 spiro atoms. The summed E-state index contributed by atoms with van der Waals surface area (Å²) in [5, 5.41) is 3.15. The maximum atomic E-state index is 13.1. The molecule has 2 aromatic rings. The van der Waals surface area contributed by atoms with Crippen molar-refractivity contribution in [2.75, 3.05) is 18.9 Å². The first kappa shape index (κ1) is 17.0. The minimum absolute atomic E-state index is 0.108. The van der Waals surface area contributed by atoms with Gasteiger partial charge in [-0.2, -0.15) is 0 Å². The Hall–Kier alpha value is -2.40. The van der Waals surface area contributed by atoms with Crippen molar-refractivity contribution in [3.05, 3.63) is 64.9 Å². The molecule has 0 aliphatic carbocycles. The number of likely N-dealkylation sites (N-methyl/N-ethyl adjacent to an activating group) is 1. The van der Waals surface area contributed by atoms with E-state index in [9.17, 15) is 14.0 Å². The van der Waals surface area contributed by atoms with E-state index in [1.807, 2.05) is 0 Å². The van der Waals surface area contributed by atoms with Crippen LogP contribution in [0.1, 0.15) is 5.56 Å². The molecule has 0 heterocycles. The van der Waals surface area contributed by atoms with Crippen LogP contribution < -0.4 is 5.32 Å². The molecule has 0 aliphatic heterocycles. The Morgan fingerprint density at radius 1 is 1.17 bits per heavy atom. The number of hydrogen-bond donors (Lipinski definition) is 1. The predicted octanol–water partition coefficient (Wildman–Crippen LogP) is 3.12. The Morgan fingerprint density at radius 2 is 1.87 bits per heavy atom. The standard InChI is InChI=1S/C17H16ClFN2O2/c1-21(17(23)9-12-5-7-13(18)8-6-12)11-16(22)20-15-4-2-3-14(19)10-15/h2-8,10H,9,11H2,1H3,(H,20,22). The summed E-state index contributed by atoms with van der Waals surface area (Å²) in [4.78, 5) is 25.3. The van der Waals surface area contributed by atoms with E-state index in [-0.39, 0.29) is 24.8 Å². The molecule has 2 amide bonds. The lowest BCUT2D eigenvalue weighted by Crippen LogP contribution is -2.35. The van der Waals surface area contributed by atoms with Crippen molar-refractivity contribution in [3.63, 3.8) is 0 Å². The fraction of sp³-hybridized carbons (Fsp3) is 0.176. The third kappa shape index (κ3) is 5.38. The van der Waals surface area contributed by atoms with Gasteiger partial charge in [0.1, 0.15) is 5.82 Å². The zero-order valence-corrected chi connectivity index (χ0v) is 13.3. The van der Waals surface area contributed by atoms with E-state index in [0.29, 0.717) is 10.7 Å². The molecule has 0 aliphatic rings. The molecule has 4 nitrogen and oxygen atoms in total. The van der Waals surface area contributed by atoms with Gasteiger partial charge >= 0.3 is 0 Å². The van der Waals surface area contributed by atoms with Gasteiger partial charge in [-0.3, -0.25) is 9.59 Å². The van der Waals surface area contributed by atoms with Gasteiger partial charge < -0.3 is 10.2 Å². The molecule has 0 saturated carbocycles. The predicted molar refractivity (Wildman–Crippen MR) is 87.8 cm³/mol. The van der Waals surface area contributed by atoms with Crippen LogP contribution in [0.3, 0.4) is 0 Å². The van der Waals surface area contributed by atoms with Gasteiger partial charge in [0.15, 0.2) is 0 Å². The first-order chi connectivity index (χ1) is 10.9. The Kier molecular flexibility index (Phi) is 5.71. The molecule has 0 saturated heterocycles. The zero-order chi connectivity index (χ0) is 16.8. The van der Waals surface area contributed by atoms with Crippen LogP contribution in [-0.4, -0.2) is 30.3 Å². The number of benzene rings is 2. The third-order valence-electron chi connectivity index (χ3n) is 3.18. The number of carbonyl (C=O) groups is 2. The second-order valence-electron chi connectivity index (χ2n) is 5.11. The summed E-state index contributed by atoms with van der Waals surface area (Å²) in [6.45, 7) is -0.108. The Balaban J connectivity index is 1.87. The SMILES string of the molecule is CN(CC(=O)Nc1cccc(F)c1)C(=O)Cc1ccc(Cl)cc1. The van der Waals surface area contributed by atoms with E-state index >= 15 is 0 Å². The molecule has 0 radical (unpaired) electrons. The monoisotopic (exact) mass is 334 g/mol. The minimum atomic E-state index is -0.435. The first-order valence-electron chi connectivity index (χ1n) is 6.98. The van der Waals surface area contributed by atoms with Crippen molar-refractivity contribution < 1.29 is 14.0 Å². The molecule has 0 bridgehead atoms. The van der Waals surface area contributed by atoms with Gasteiger partial charge in [-0.25, -0.2) is 4.39 Å². The summed E-state index contributed by atoms with van der Waals surface area (Å²) in [7, 11) is 1.55. The average molecular weight is 335 g/mol. The van der Waals surface area contributed by atoms with Crippen LogP contribution in [0.4, 0.5) is 10.1 Å². The van der Waals surface area contributed by atoms with Crippen LogP contribution in [0.25, 0.3) is 0 Å². The van der Waals surface area contributed by atoms with Crippen LogP contribution in [0, 0.1) is 5.82 Å². The molecule has 23 heavy (non-hydrogen) atoms. The lowest BCUT2D eigenvalue weighted by molar-refractivity contribution is -0.132. The van der Waals surface area contributed by atoms with Crippen molar-refractivity contribution in [2.45, 2.75) is 6.42 Å². The van der Waals surface area contributed by atoms with Gasteiger partial charge in [0, 0.05) is 17.8 Å². The number of nitrogens with zero attached hydrogens (tertiary/aromatic N) is 1. The van der Waals surface area contributed by atoms with Crippen molar-refractivity contribution in [1.29, 1.82) is 0 Å². The lowest BCUT2D eigenvalue weighted by atomic mass is 10.1. The molecule has 6 heteroatoms. The minimum Gasteiger partial charge on any atom is -0.336 e. The highest BCUT2D eigenvalue weighted by Crippen LogP contribution is 2.11. The Morgan fingerprint density at radius 3 is 2.52 bits per heavy atom. The number of nitrogens with one attached hydrogen (secondary N) is 1. The smallest absolute Gasteiger partial charge is 0.243 e. The maximum absolute atomic E-state index is 13.1. The molecule has 120 valence electrons. The second-order valence-corrected chi connectivity index (χ2v) is 5.55. The summed E-state index contributed by atoms with van der Waals surface area (Å²) < 4.78 is 13.1. The summed E-state index contributed by atoms with van der Waals surface area (Å²) in [5.74, 6) is -1.01. The van der Waals surface area contributed by atoms with Gasteiger partial charge in [-0.05, 0) is 35.9 Å². The molecule has 2 aromatic carbocycles. The summed E-state index contributed by atoms with van der Waals surface area (Å²) in [6, 6.07) is 12.5. The highest BCUT2D eigenvalue weighted by Gasteiger charge is 2.13. The molecule has 0 atom stereocenters. The number of hydrogen-bond acceptors (Lipinski definition) is 2. The summed E-state index contributed by atoms with van der Waals surface area (Å²) in [5.41, 5.74) is 1.17. The number of halogens is 2. The van der Waals surface area contributed by atoms with E-state index in [4.69, 9.17) is 11.6 Å². The van der Waals surface area contributed by atoms with E-state index in [1.165, 1.54) is 23.1 Å². The number of carbonyl (C=O) groups excluding carboxylic acids is 2. The topological polar surface area (TPSA) is 49.4 Å². The normalized spacial score (nSPS) is 10.2. The molecule has 0 unspecified atom stereocenters. The maximum Gasteiger partial charge on any atom is 0.243 e. The van der Waals surface area contributed by atoms with E-state index < -0.39 is 5.82 Å². The molecular weight excluding hydrogens is 319 g/mol. The quantitative estimate of drug-likeness (QED) is 0.913. The zero-order valence-electron chi connectivity index (χ0n) is 12.6. The molecule has 2 rings (SSSR count). The highest BCUT2D eigenvalue weighted by atomic mass is 35.5. The van der Waals surface area contributed by atoms with Gasteiger partial charge in [-0.15, -0.1) is 0 Å². The largest absolute Gasteiger partial charge is 0.336 e. The lowest BCUT2D eigenvalue weighted by Gasteiger charge is -2.17. The number of amides is 2. The van der Waals surface area contributed by atoms with Gasteiger partial charge in [0.2, 0.25) is 11.8 Å². The van der Waals surface area contributed by atoms with Crippen molar-refractivity contribution >= 4 is 29.1 Å². The Bertz CT molecular complexity index is 704. The fourth-order valence-corrected chi connectivity index (χ4v) is 2.11. The van der Waals surface area contributed by atoms with E-state index in [1.54, 1.807) is 37.4 Å². The van der Waals surface area contributed by atoms with E-state index in [2.05, 4.69) is 5.32 Å². The number of anilines is 1. The number of rotatable bonds is 5. The van der Waals surface area contributed by atoms with Gasteiger partial charge in [0.05, 0.1) is 13.0 Å². The molecular formula is C17H16ClFN2O2. The van der Waals surface area contributed by atoms with Crippen LogP contribution in [0.5, 0.6) is 0 Å². The highest BCUT2D eigenvalue weighted by molar-refractivity contribution is 6.30. The van der Waals surface area contributed by atoms with E-state index in [0.717, 1.165) is 5.56 Å². The van der Waals surface area contributed by atoms with Crippen LogP contribution >= 0.6 is 11.6 Å². The third-order valence-corrected chi connectivity index (χ3v) is 3.44. The first-order valence-corrected chi connectivity index (χ1v) is 7.35.